The highest BCUT2D eigenvalue weighted by Crippen LogP contribution is 2.18. The molecule has 0 unspecified atom stereocenters. The minimum Gasteiger partial charge on any atom is -0.473 e. The first-order valence-corrected chi connectivity index (χ1v) is 10.1. The lowest BCUT2D eigenvalue weighted by atomic mass is 10.1. The summed E-state index contributed by atoms with van der Waals surface area (Å²) in [6.45, 7) is 5.06. The zero-order chi connectivity index (χ0) is 20.1. The number of halogens is 1. The van der Waals surface area contributed by atoms with Gasteiger partial charge in [-0.3, -0.25) is 14.7 Å². The Morgan fingerprint density at radius 3 is 2.41 bits per heavy atom. The van der Waals surface area contributed by atoms with Gasteiger partial charge in [0.15, 0.2) is 0 Å². The van der Waals surface area contributed by atoms with Crippen LogP contribution < -0.4 is 9.64 Å². The molecule has 4 rings (SSSR count). The SMILES string of the molecule is O=C(CN1CCC(Oc2cnccn2)CC1)N1CCN(c2ccc(F)cc2)CC1. The van der Waals surface area contributed by atoms with Crippen molar-refractivity contribution in [3.63, 3.8) is 0 Å². The van der Waals surface area contributed by atoms with Crippen molar-refractivity contribution in [1.29, 1.82) is 0 Å². The molecule has 2 saturated heterocycles. The van der Waals surface area contributed by atoms with Crippen LogP contribution in [0.1, 0.15) is 12.8 Å². The van der Waals surface area contributed by atoms with Crippen LogP contribution >= 0.6 is 0 Å². The molecule has 3 heterocycles. The Hall–Kier alpha value is -2.74. The number of anilines is 1. The van der Waals surface area contributed by atoms with E-state index >= 15 is 0 Å². The molecular weight excluding hydrogens is 373 g/mol. The summed E-state index contributed by atoms with van der Waals surface area (Å²) < 4.78 is 18.9. The van der Waals surface area contributed by atoms with Crippen molar-refractivity contribution in [2.75, 3.05) is 50.7 Å². The summed E-state index contributed by atoms with van der Waals surface area (Å²) in [5.74, 6) is 0.506. The van der Waals surface area contributed by atoms with Gasteiger partial charge < -0.3 is 14.5 Å². The number of carbonyl (C=O) groups excluding carboxylic acids is 1. The van der Waals surface area contributed by atoms with E-state index < -0.39 is 0 Å². The van der Waals surface area contributed by atoms with E-state index in [1.807, 2.05) is 4.90 Å². The third-order valence-corrected chi connectivity index (χ3v) is 5.54. The van der Waals surface area contributed by atoms with Crippen molar-refractivity contribution >= 4 is 11.6 Å². The summed E-state index contributed by atoms with van der Waals surface area (Å²) >= 11 is 0. The smallest absolute Gasteiger partial charge is 0.236 e. The molecule has 154 valence electrons. The molecule has 0 saturated carbocycles. The molecule has 7 nitrogen and oxygen atoms in total. The summed E-state index contributed by atoms with van der Waals surface area (Å²) in [7, 11) is 0. The van der Waals surface area contributed by atoms with E-state index in [9.17, 15) is 9.18 Å². The molecule has 8 heteroatoms. The zero-order valence-electron chi connectivity index (χ0n) is 16.4. The van der Waals surface area contributed by atoms with Crippen LogP contribution in [0.25, 0.3) is 0 Å². The van der Waals surface area contributed by atoms with Crippen molar-refractivity contribution in [2.24, 2.45) is 0 Å². The lowest BCUT2D eigenvalue weighted by Gasteiger charge is -2.38. The number of benzene rings is 1. The molecule has 0 atom stereocenters. The number of likely N-dealkylation sites (tertiary alicyclic amines) is 1. The number of nitrogens with zero attached hydrogens (tertiary/aromatic N) is 5. The van der Waals surface area contributed by atoms with Crippen LogP contribution in [0.3, 0.4) is 0 Å². The first kappa shape index (κ1) is 19.6. The first-order chi connectivity index (χ1) is 14.2. The van der Waals surface area contributed by atoms with Crippen LogP contribution in [0.15, 0.2) is 42.9 Å². The number of ether oxygens (including phenoxy) is 1. The summed E-state index contributed by atoms with van der Waals surface area (Å²) in [6, 6.07) is 6.54. The van der Waals surface area contributed by atoms with Gasteiger partial charge in [-0.1, -0.05) is 0 Å². The Morgan fingerprint density at radius 1 is 1.03 bits per heavy atom. The second kappa shape index (κ2) is 9.17. The zero-order valence-corrected chi connectivity index (χ0v) is 16.4. The van der Waals surface area contributed by atoms with Gasteiger partial charge in [0.25, 0.3) is 0 Å². The van der Waals surface area contributed by atoms with Gasteiger partial charge in [0, 0.05) is 57.3 Å². The lowest BCUT2D eigenvalue weighted by molar-refractivity contribution is -0.133. The summed E-state index contributed by atoms with van der Waals surface area (Å²) in [5, 5.41) is 0. The molecule has 0 spiro atoms. The highest BCUT2D eigenvalue weighted by molar-refractivity contribution is 5.78. The maximum absolute atomic E-state index is 13.1. The quantitative estimate of drug-likeness (QED) is 0.764. The van der Waals surface area contributed by atoms with Crippen LogP contribution in [-0.2, 0) is 4.79 Å². The Labute approximate surface area is 170 Å². The minimum atomic E-state index is -0.228. The molecule has 0 bridgehead atoms. The van der Waals surface area contributed by atoms with Gasteiger partial charge in [0.2, 0.25) is 11.8 Å². The van der Waals surface area contributed by atoms with E-state index in [0.29, 0.717) is 25.5 Å². The van der Waals surface area contributed by atoms with Gasteiger partial charge in [-0.25, -0.2) is 9.37 Å². The molecule has 2 aromatic rings. The van der Waals surface area contributed by atoms with Gasteiger partial charge in [0.05, 0.1) is 12.7 Å². The Balaban J connectivity index is 1.19. The highest BCUT2D eigenvalue weighted by Gasteiger charge is 2.26. The number of hydrogen-bond acceptors (Lipinski definition) is 6. The summed E-state index contributed by atoms with van der Waals surface area (Å²) in [6.07, 6.45) is 6.75. The molecule has 1 amide bonds. The Kier molecular flexibility index (Phi) is 6.19. The van der Waals surface area contributed by atoms with E-state index in [4.69, 9.17) is 4.74 Å². The number of piperidine rings is 1. The molecule has 0 aliphatic carbocycles. The molecule has 1 aromatic carbocycles. The minimum absolute atomic E-state index is 0.123. The molecular formula is C21H26FN5O2. The van der Waals surface area contributed by atoms with Gasteiger partial charge in [0.1, 0.15) is 11.9 Å². The largest absolute Gasteiger partial charge is 0.473 e. The maximum atomic E-state index is 13.1. The van der Waals surface area contributed by atoms with Gasteiger partial charge in [-0.2, -0.15) is 0 Å². The summed E-state index contributed by atoms with van der Waals surface area (Å²) in [5.41, 5.74) is 1.00. The molecule has 1 aromatic heterocycles. The van der Waals surface area contributed by atoms with Crippen LogP contribution in [0, 0.1) is 5.82 Å². The number of amides is 1. The van der Waals surface area contributed by atoms with E-state index in [1.54, 1.807) is 30.7 Å². The Morgan fingerprint density at radius 2 is 1.76 bits per heavy atom. The average Bonchev–Trinajstić information content (AvgIpc) is 2.76. The van der Waals surface area contributed by atoms with Crippen LogP contribution in [0.4, 0.5) is 10.1 Å². The van der Waals surface area contributed by atoms with Crippen LogP contribution in [0.5, 0.6) is 5.88 Å². The molecule has 0 radical (unpaired) electrons. The Bertz CT molecular complexity index is 788. The van der Waals surface area contributed by atoms with Gasteiger partial charge in [-0.05, 0) is 37.1 Å². The van der Waals surface area contributed by atoms with Crippen molar-refractivity contribution in [3.8, 4) is 5.88 Å². The second-order valence-corrected chi connectivity index (χ2v) is 7.48. The van der Waals surface area contributed by atoms with Crippen LogP contribution in [0.2, 0.25) is 0 Å². The molecule has 29 heavy (non-hydrogen) atoms. The van der Waals surface area contributed by atoms with E-state index in [-0.39, 0.29) is 17.8 Å². The fourth-order valence-electron chi connectivity index (χ4n) is 3.86. The third kappa shape index (κ3) is 5.20. The topological polar surface area (TPSA) is 61.8 Å². The monoisotopic (exact) mass is 399 g/mol. The first-order valence-electron chi connectivity index (χ1n) is 10.1. The number of piperazine rings is 1. The lowest BCUT2D eigenvalue weighted by Crippen LogP contribution is -2.52. The predicted octanol–water partition coefficient (Wildman–Crippen LogP) is 1.81. The van der Waals surface area contributed by atoms with Gasteiger partial charge >= 0.3 is 0 Å². The van der Waals surface area contributed by atoms with E-state index in [0.717, 1.165) is 44.7 Å². The summed E-state index contributed by atoms with van der Waals surface area (Å²) in [4.78, 5) is 27.2. The van der Waals surface area contributed by atoms with Crippen molar-refractivity contribution in [3.05, 3.63) is 48.7 Å². The second-order valence-electron chi connectivity index (χ2n) is 7.48. The molecule has 2 fully saturated rings. The van der Waals surface area contributed by atoms with Crippen molar-refractivity contribution < 1.29 is 13.9 Å². The number of rotatable bonds is 5. The van der Waals surface area contributed by atoms with Crippen molar-refractivity contribution in [2.45, 2.75) is 18.9 Å². The fraction of sp³-hybridized carbons (Fsp3) is 0.476. The maximum Gasteiger partial charge on any atom is 0.236 e. The molecule has 2 aliphatic heterocycles. The standard InChI is InChI=1S/C21H26FN5O2/c22-17-1-3-18(4-2-17)26-11-13-27(14-12-26)21(28)16-25-9-5-19(6-10-25)29-20-15-23-7-8-24-20/h1-4,7-8,15,19H,5-6,9-14,16H2. The predicted molar refractivity (Wildman–Crippen MR) is 107 cm³/mol. The normalized spacial score (nSPS) is 18.7. The van der Waals surface area contributed by atoms with E-state index in [1.165, 1.54) is 12.1 Å². The number of aromatic nitrogens is 2. The van der Waals surface area contributed by atoms with Crippen LogP contribution in [-0.4, -0.2) is 77.6 Å². The average molecular weight is 399 g/mol. The molecule has 2 aliphatic rings. The number of carbonyl (C=O) groups is 1. The highest BCUT2D eigenvalue weighted by atomic mass is 19.1. The molecule has 0 N–H and O–H groups in total. The fourth-order valence-corrected chi connectivity index (χ4v) is 3.86. The number of hydrogen-bond donors (Lipinski definition) is 0. The van der Waals surface area contributed by atoms with Crippen molar-refractivity contribution in [1.82, 2.24) is 19.8 Å². The van der Waals surface area contributed by atoms with E-state index in [2.05, 4.69) is 19.8 Å². The van der Waals surface area contributed by atoms with Gasteiger partial charge in [-0.15, -0.1) is 0 Å². The third-order valence-electron chi connectivity index (χ3n) is 5.54.